The van der Waals surface area contributed by atoms with E-state index < -0.39 is 71.9 Å². The van der Waals surface area contributed by atoms with Crippen LogP contribution in [0.3, 0.4) is 0 Å². The fourth-order valence-electron chi connectivity index (χ4n) is 1.47. The molecule has 0 rings (SSSR count). The Bertz CT molecular complexity index is 860. The quantitative estimate of drug-likeness (QED) is 0.0570. The molecule has 0 aliphatic carbocycles. The highest BCUT2D eigenvalue weighted by atomic mass is 32.2. The summed E-state index contributed by atoms with van der Waals surface area (Å²) in [4.78, 5) is 77.3. The van der Waals surface area contributed by atoms with Gasteiger partial charge in [0.2, 0.25) is 0 Å². The molecule has 0 saturated carbocycles. The van der Waals surface area contributed by atoms with E-state index in [0.717, 1.165) is 23.0 Å². The summed E-state index contributed by atoms with van der Waals surface area (Å²) in [7, 11) is 0. The highest BCUT2D eigenvalue weighted by Crippen LogP contribution is 1.99. The molecule has 0 radical (unpaired) electrons. The Balaban J connectivity index is -0.0000000796. The van der Waals surface area contributed by atoms with Crippen LogP contribution in [0, 0.1) is 0 Å². The molecule has 0 heterocycles. The lowest BCUT2D eigenvalue weighted by atomic mass is 10.2. The van der Waals surface area contributed by atoms with Crippen molar-refractivity contribution in [3.63, 3.8) is 0 Å². The van der Waals surface area contributed by atoms with Crippen LogP contribution in [0.2, 0.25) is 0 Å². The normalized spacial score (nSPS) is 11.1. The van der Waals surface area contributed by atoms with Gasteiger partial charge in [0, 0.05) is 0 Å². The number of hydrogen-bond donors (Lipinski definition) is 16. The van der Waals surface area contributed by atoms with Gasteiger partial charge in [-0.3, -0.25) is 38.4 Å². The van der Waals surface area contributed by atoms with Crippen molar-refractivity contribution in [3.8, 4) is 0 Å². The topological polar surface area (TPSA) is 507 Å². The number of nitrogens with two attached hydrogens (primary N) is 8. The average molecular weight is 897 g/mol. The summed E-state index contributed by atoms with van der Waals surface area (Å²) in [6, 6.07) is -2.73. The Morgan fingerprint density at radius 1 is 0.357 bits per heavy atom. The number of thioether (sulfide) groups is 4. The number of aliphatic carboxylic acids is 8. The summed E-state index contributed by atoms with van der Waals surface area (Å²) in [5.74, 6) is -4.27. The van der Waals surface area contributed by atoms with E-state index in [1.54, 1.807) is 47.0 Å². The van der Waals surface area contributed by atoms with Gasteiger partial charge in [0.15, 0.2) is 0 Å². The smallest absolute Gasteiger partial charge is 0.320 e. The molecule has 24 N–H and O–H groups in total. The Hall–Kier alpha value is -3.16. The maximum atomic E-state index is 10.1. The van der Waals surface area contributed by atoms with Crippen LogP contribution in [-0.4, -0.2) is 187 Å². The molecule has 28 heteroatoms. The van der Waals surface area contributed by atoms with Crippen molar-refractivity contribution in [1.29, 1.82) is 0 Å². The van der Waals surface area contributed by atoms with Gasteiger partial charge in [0.1, 0.15) is 24.2 Å². The van der Waals surface area contributed by atoms with Gasteiger partial charge < -0.3 is 86.7 Å². The lowest BCUT2D eigenvalue weighted by Crippen LogP contribution is -2.30. The van der Waals surface area contributed by atoms with Gasteiger partial charge in [-0.15, -0.1) is 0 Å². The van der Waals surface area contributed by atoms with E-state index in [4.69, 9.17) is 63.8 Å². The molecule has 0 aromatic heterocycles. The van der Waals surface area contributed by atoms with Crippen LogP contribution in [-0.2, 0) is 38.4 Å². The monoisotopic (exact) mass is 896 g/mol. The maximum Gasteiger partial charge on any atom is 0.320 e. The Labute approximate surface area is 342 Å². The first-order valence-electron chi connectivity index (χ1n) is 15.4. The van der Waals surface area contributed by atoms with Gasteiger partial charge in [-0.2, -0.15) is 47.0 Å². The third-order valence-electron chi connectivity index (χ3n) is 4.50. The van der Waals surface area contributed by atoms with Crippen LogP contribution in [0.15, 0.2) is 0 Å². The number of rotatable bonds is 20. The molecule has 0 amide bonds. The van der Waals surface area contributed by atoms with Gasteiger partial charge in [-0.1, -0.05) is 0 Å². The van der Waals surface area contributed by atoms with Gasteiger partial charge >= 0.3 is 47.8 Å². The Morgan fingerprint density at radius 3 is 0.518 bits per heavy atom. The number of carboxylic acid groups (broad SMARTS) is 8. The Kier molecular flexibility index (Phi) is 70.8. The summed E-state index contributed by atoms with van der Waals surface area (Å²) >= 11 is 6.42. The zero-order valence-corrected chi connectivity index (χ0v) is 35.2. The molecule has 0 aromatic rings. The van der Waals surface area contributed by atoms with Crippen LogP contribution in [0.25, 0.3) is 0 Å². The van der Waals surface area contributed by atoms with Crippen molar-refractivity contribution in [1.82, 2.24) is 0 Å². The van der Waals surface area contributed by atoms with E-state index in [-0.39, 0.29) is 26.2 Å². The van der Waals surface area contributed by atoms with E-state index in [9.17, 15) is 38.4 Å². The zero-order valence-electron chi connectivity index (χ0n) is 31.9. The van der Waals surface area contributed by atoms with E-state index in [1.807, 2.05) is 25.0 Å². The second-order valence-electron chi connectivity index (χ2n) is 9.30. The second kappa shape index (κ2) is 56.2. The van der Waals surface area contributed by atoms with Gasteiger partial charge in [-0.25, -0.2) is 0 Å². The molecule has 0 saturated heterocycles. The van der Waals surface area contributed by atoms with Crippen LogP contribution >= 0.6 is 47.0 Å². The molecule has 0 bridgehead atoms. The van der Waals surface area contributed by atoms with Crippen LogP contribution in [0.1, 0.15) is 25.7 Å². The minimum Gasteiger partial charge on any atom is -0.480 e. The summed E-state index contributed by atoms with van der Waals surface area (Å²) in [6.45, 7) is -1.11. The van der Waals surface area contributed by atoms with Crippen molar-refractivity contribution in [2.24, 2.45) is 45.9 Å². The van der Waals surface area contributed by atoms with Crippen LogP contribution in [0.4, 0.5) is 0 Å². The largest absolute Gasteiger partial charge is 0.480 e. The Morgan fingerprint density at radius 2 is 0.464 bits per heavy atom. The number of hydrogen-bond acceptors (Lipinski definition) is 20. The fraction of sp³-hybridized carbons (Fsp3) is 0.714. The van der Waals surface area contributed by atoms with Crippen molar-refractivity contribution >= 4 is 94.8 Å². The molecule has 0 aliphatic rings. The third kappa shape index (κ3) is 93.1. The van der Waals surface area contributed by atoms with Crippen molar-refractivity contribution in [3.05, 3.63) is 0 Å². The molecule has 0 spiro atoms. The maximum absolute atomic E-state index is 10.1. The standard InChI is InChI=1S/4C5H11NO2S.4C2H5NO2/c4*1-9-3-2-4(6)5(7)8;4*3-1-2(4)5/h4*4H,2-3,6H2,1H3,(H,7,8);4*1,3H2,(H,4,5). The first kappa shape index (κ1) is 70.6. The first-order valence-corrected chi connectivity index (χ1v) is 21.0. The van der Waals surface area contributed by atoms with Gasteiger partial charge in [0.25, 0.3) is 0 Å². The molecular weight excluding hydrogens is 833 g/mol. The van der Waals surface area contributed by atoms with Gasteiger partial charge in [-0.05, 0) is 73.7 Å². The molecule has 0 fully saturated rings. The highest BCUT2D eigenvalue weighted by molar-refractivity contribution is 7.99. The molecule has 4 unspecified atom stereocenters. The average Bonchev–Trinajstić information content (AvgIpc) is 3.15. The minimum absolute atomic E-state index is 0.278. The summed E-state index contributed by atoms with van der Waals surface area (Å²) in [6.07, 6.45) is 9.91. The van der Waals surface area contributed by atoms with Crippen molar-refractivity contribution in [2.75, 3.05) is 74.2 Å². The lowest BCUT2D eigenvalue weighted by molar-refractivity contribution is -0.139. The molecule has 0 aliphatic heterocycles. The lowest BCUT2D eigenvalue weighted by Gasteiger charge is -2.02. The molecule has 0 aromatic carbocycles. The minimum atomic E-state index is -0.968. The van der Waals surface area contributed by atoms with E-state index in [2.05, 4.69) is 22.9 Å². The second-order valence-corrected chi connectivity index (χ2v) is 13.2. The highest BCUT2D eigenvalue weighted by Gasteiger charge is 2.11. The first-order chi connectivity index (χ1) is 25.8. The number of carboxylic acids is 8. The molecule has 336 valence electrons. The van der Waals surface area contributed by atoms with E-state index in [1.165, 1.54) is 0 Å². The molecule has 24 nitrogen and oxygen atoms in total. The van der Waals surface area contributed by atoms with Crippen molar-refractivity contribution in [2.45, 2.75) is 49.9 Å². The van der Waals surface area contributed by atoms with Gasteiger partial charge in [0.05, 0.1) is 26.2 Å². The van der Waals surface area contributed by atoms with Crippen LogP contribution < -0.4 is 45.9 Å². The van der Waals surface area contributed by atoms with Crippen molar-refractivity contribution < 1.29 is 79.2 Å². The summed E-state index contributed by atoms with van der Waals surface area (Å²) < 4.78 is 0. The third-order valence-corrected chi connectivity index (χ3v) is 7.07. The number of carbonyl (C=O) groups is 8. The van der Waals surface area contributed by atoms with Crippen LogP contribution in [0.5, 0.6) is 0 Å². The summed E-state index contributed by atoms with van der Waals surface area (Å²) in [5, 5.41) is 63.5. The molecule has 4 atom stereocenters. The summed E-state index contributed by atoms with van der Waals surface area (Å²) in [5.41, 5.74) is 39.0. The SMILES string of the molecule is CSCCC(N)C(=O)O.CSCCC(N)C(=O)O.CSCCC(N)C(=O)O.CSCCC(N)C(=O)O.NCC(=O)O.NCC(=O)O.NCC(=O)O.NCC(=O)O. The predicted molar refractivity (Wildman–Crippen MR) is 221 cm³/mol. The van der Waals surface area contributed by atoms with E-state index in [0.29, 0.717) is 25.7 Å². The zero-order chi connectivity index (χ0) is 46.2. The van der Waals surface area contributed by atoms with E-state index >= 15 is 0 Å². The molecule has 56 heavy (non-hydrogen) atoms. The predicted octanol–water partition coefficient (Wildman–Crippen LogP) is -3.28. The molecular formula is C28H64N8O16S4. The fourth-order valence-corrected chi connectivity index (χ4v) is 3.43.